The summed E-state index contributed by atoms with van der Waals surface area (Å²) >= 11 is 0. The number of aliphatic hydroxyl groups excluding tert-OH is 1. The minimum atomic E-state index is 0.0382. The Morgan fingerprint density at radius 2 is 1.54 bits per heavy atom. The van der Waals surface area contributed by atoms with Crippen LogP contribution in [-0.4, -0.2) is 11.2 Å². The maximum Gasteiger partial charge on any atom is 0.0608 e. The van der Waals surface area contributed by atoms with Crippen molar-refractivity contribution in [2.45, 2.75) is 31.8 Å². The van der Waals surface area contributed by atoms with Gasteiger partial charge in [0.15, 0.2) is 0 Å². The van der Waals surface area contributed by atoms with Crippen LogP contribution in [0.4, 0.5) is 0 Å². The predicted molar refractivity (Wildman–Crippen MR) is 50.0 cm³/mol. The van der Waals surface area contributed by atoms with E-state index in [1.54, 1.807) is 0 Å². The molecule has 4 aliphatic rings. The zero-order valence-corrected chi connectivity index (χ0v) is 7.82. The summed E-state index contributed by atoms with van der Waals surface area (Å²) < 4.78 is 0. The van der Waals surface area contributed by atoms with Gasteiger partial charge < -0.3 is 5.11 Å². The molecule has 0 aliphatic heterocycles. The van der Waals surface area contributed by atoms with Crippen molar-refractivity contribution in [2.24, 2.45) is 29.1 Å². The zero-order chi connectivity index (χ0) is 8.63. The lowest BCUT2D eigenvalue weighted by Crippen LogP contribution is -2.41. The van der Waals surface area contributed by atoms with Gasteiger partial charge in [0, 0.05) is 0 Å². The second-order valence-corrected chi connectivity index (χ2v) is 5.57. The molecule has 70 valence electrons. The second kappa shape index (κ2) is 1.88. The first-order chi connectivity index (χ1) is 6.33. The smallest absolute Gasteiger partial charge is 0.0608 e. The van der Waals surface area contributed by atoms with E-state index in [2.05, 4.69) is 12.2 Å². The Labute approximate surface area is 78.8 Å². The van der Waals surface area contributed by atoms with Gasteiger partial charge in [-0.2, -0.15) is 0 Å². The Balaban J connectivity index is 1.87. The third-order valence-electron chi connectivity index (χ3n) is 5.31. The van der Waals surface area contributed by atoms with Crippen molar-refractivity contribution in [1.82, 2.24) is 0 Å². The molecule has 4 rings (SSSR count). The molecule has 4 atom stereocenters. The summed E-state index contributed by atoms with van der Waals surface area (Å²) in [5.41, 5.74) is 0.672. The fourth-order valence-corrected chi connectivity index (χ4v) is 4.62. The molecule has 4 aliphatic carbocycles. The zero-order valence-electron chi connectivity index (χ0n) is 7.82. The highest BCUT2D eigenvalue weighted by atomic mass is 16.3. The summed E-state index contributed by atoms with van der Waals surface area (Å²) in [4.78, 5) is 0. The SMILES string of the molecule is OC1C2CCC1C1C=CC2C12CC2. The molecule has 0 heterocycles. The maximum absolute atomic E-state index is 10.1. The monoisotopic (exact) mass is 176 g/mol. The van der Waals surface area contributed by atoms with E-state index in [4.69, 9.17) is 0 Å². The van der Waals surface area contributed by atoms with Crippen LogP contribution in [0.5, 0.6) is 0 Å². The van der Waals surface area contributed by atoms with Crippen LogP contribution in [0.1, 0.15) is 25.7 Å². The number of allylic oxidation sites excluding steroid dienone is 2. The molecule has 0 radical (unpaired) electrons. The quantitative estimate of drug-likeness (QED) is 0.559. The highest BCUT2D eigenvalue weighted by Gasteiger charge is 2.66. The molecule has 0 aromatic heterocycles. The largest absolute Gasteiger partial charge is 0.393 e. The Morgan fingerprint density at radius 1 is 1.00 bits per heavy atom. The summed E-state index contributed by atoms with van der Waals surface area (Å²) in [5, 5.41) is 10.1. The standard InChI is InChI=1S/C12H16O/c13-11-7-1-2-8(11)10-4-3-9(7)12(10)5-6-12/h3-4,7-11,13H,1-2,5-6H2. The number of fused-ring (bicyclic) bond motifs is 4. The lowest BCUT2D eigenvalue weighted by Gasteiger charge is -2.40. The third-order valence-corrected chi connectivity index (χ3v) is 5.31. The van der Waals surface area contributed by atoms with Gasteiger partial charge in [0.1, 0.15) is 0 Å². The lowest BCUT2D eigenvalue weighted by molar-refractivity contribution is -0.0126. The highest BCUT2D eigenvalue weighted by Crippen LogP contribution is 2.72. The molecule has 4 unspecified atom stereocenters. The first-order valence-corrected chi connectivity index (χ1v) is 5.69. The van der Waals surface area contributed by atoms with Gasteiger partial charge in [0.05, 0.1) is 6.10 Å². The number of hydrogen-bond donors (Lipinski definition) is 1. The third kappa shape index (κ3) is 0.604. The first kappa shape index (κ1) is 7.05. The average Bonchev–Trinajstić information content (AvgIpc) is 2.68. The second-order valence-electron chi connectivity index (χ2n) is 5.57. The molecule has 0 aromatic rings. The number of hydrogen-bond acceptors (Lipinski definition) is 1. The molecular weight excluding hydrogens is 160 g/mol. The van der Waals surface area contributed by atoms with Crippen LogP contribution in [0.3, 0.4) is 0 Å². The van der Waals surface area contributed by atoms with E-state index in [1.807, 2.05) is 0 Å². The molecule has 0 saturated heterocycles. The van der Waals surface area contributed by atoms with E-state index in [9.17, 15) is 5.11 Å². The van der Waals surface area contributed by atoms with Crippen LogP contribution in [0.15, 0.2) is 12.2 Å². The molecule has 13 heavy (non-hydrogen) atoms. The molecular formula is C12H16O. The van der Waals surface area contributed by atoms with Crippen LogP contribution in [0.2, 0.25) is 0 Å². The molecule has 4 bridgehead atoms. The Bertz CT molecular complexity index is 265. The van der Waals surface area contributed by atoms with E-state index in [-0.39, 0.29) is 6.10 Å². The summed E-state index contributed by atoms with van der Waals surface area (Å²) in [6.07, 6.45) is 10.4. The van der Waals surface area contributed by atoms with Gasteiger partial charge in [-0.05, 0) is 54.8 Å². The van der Waals surface area contributed by atoms with Crippen molar-refractivity contribution in [3.05, 3.63) is 12.2 Å². The summed E-state index contributed by atoms with van der Waals surface area (Å²) in [6.45, 7) is 0. The Morgan fingerprint density at radius 3 is 2.00 bits per heavy atom. The van der Waals surface area contributed by atoms with Crippen molar-refractivity contribution in [3.63, 3.8) is 0 Å². The fraction of sp³-hybridized carbons (Fsp3) is 0.833. The van der Waals surface area contributed by atoms with Gasteiger partial charge in [0.2, 0.25) is 0 Å². The number of rotatable bonds is 0. The Kier molecular flexibility index (Phi) is 1.02. The van der Waals surface area contributed by atoms with Gasteiger partial charge in [-0.3, -0.25) is 0 Å². The average molecular weight is 176 g/mol. The molecule has 3 saturated carbocycles. The van der Waals surface area contributed by atoms with Crippen molar-refractivity contribution in [3.8, 4) is 0 Å². The normalized spacial score (nSPS) is 59.0. The minimum Gasteiger partial charge on any atom is -0.393 e. The highest BCUT2D eigenvalue weighted by molar-refractivity contribution is 5.28. The van der Waals surface area contributed by atoms with Crippen LogP contribution in [0.25, 0.3) is 0 Å². The molecule has 1 spiro atoms. The summed E-state index contributed by atoms with van der Waals surface area (Å²) in [5.74, 6) is 2.77. The van der Waals surface area contributed by atoms with Gasteiger partial charge in [-0.15, -0.1) is 0 Å². The summed E-state index contributed by atoms with van der Waals surface area (Å²) in [6, 6.07) is 0. The lowest BCUT2D eigenvalue weighted by atomic mass is 9.66. The van der Waals surface area contributed by atoms with E-state index < -0.39 is 0 Å². The fourth-order valence-electron chi connectivity index (χ4n) is 4.62. The van der Waals surface area contributed by atoms with Crippen molar-refractivity contribution in [2.75, 3.05) is 0 Å². The molecule has 1 nitrogen and oxygen atoms in total. The molecule has 0 aromatic carbocycles. The molecule has 0 amide bonds. The Hall–Kier alpha value is -0.300. The van der Waals surface area contributed by atoms with Crippen LogP contribution in [0, 0.1) is 29.1 Å². The predicted octanol–water partition coefficient (Wildman–Crippen LogP) is 1.97. The van der Waals surface area contributed by atoms with Gasteiger partial charge in [-0.25, -0.2) is 0 Å². The van der Waals surface area contributed by atoms with Crippen LogP contribution >= 0.6 is 0 Å². The maximum atomic E-state index is 10.1. The van der Waals surface area contributed by atoms with E-state index in [0.29, 0.717) is 17.3 Å². The van der Waals surface area contributed by atoms with Crippen molar-refractivity contribution >= 4 is 0 Å². The van der Waals surface area contributed by atoms with Crippen LogP contribution < -0.4 is 0 Å². The molecule has 3 fully saturated rings. The topological polar surface area (TPSA) is 20.2 Å². The van der Waals surface area contributed by atoms with Gasteiger partial charge in [0.25, 0.3) is 0 Å². The summed E-state index contributed by atoms with van der Waals surface area (Å²) in [7, 11) is 0. The van der Waals surface area contributed by atoms with E-state index in [1.165, 1.54) is 25.7 Å². The van der Waals surface area contributed by atoms with E-state index in [0.717, 1.165) is 11.8 Å². The van der Waals surface area contributed by atoms with Crippen molar-refractivity contribution in [1.29, 1.82) is 0 Å². The number of aliphatic hydroxyl groups is 1. The van der Waals surface area contributed by atoms with E-state index >= 15 is 0 Å². The van der Waals surface area contributed by atoms with Gasteiger partial charge >= 0.3 is 0 Å². The molecule has 1 N–H and O–H groups in total. The minimum absolute atomic E-state index is 0.0382. The first-order valence-electron chi connectivity index (χ1n) is 5.69. The molecule has 1 heteroatoms. The van der Waals surface area contributed by atoms with Crippen molar-refractivity contribution < 1.29 is 5.11 Å². The van der Waals surface area contributed by atoms with Gasteiger partial charge in [-0.1, -0.05) is 12.2 Å². The van der Waals surface area contributed by atoms with Crippen LogP contribution in [-0.2, 0) is 0 Å².